The molecule has 2 atom stereocenters. The summed E-state index contributed by atoms with van der Waals surface area (Å²) in [5.74, 6) is 1.58. The predicted octanol–water partition coefficient (Wildman–Crippen LogP) is 0.586. The minimum absolute atomic E-state index is 0.161. The molecule has 8 heteroatoms. The Labute approximate surface area is 206 Å². The van der Waals surface area contributed by atoms with Gasteiger partial charge in [-0.05, 0) is 49.5 Å². The maximum absolute atomic E-state index is 10.3. The number of aromatic nitrogens is 1. The third kappa shape index (κ3) is 6.13. The molecule has 2 heterocycles. The van der Waals surface area contributed by atoms with Crippen molar-refractivity contribution in [3.63, 3.8) is 0 Å². The third-order valence-electron chi connectivity index (χ3n) is 6.31. The number of aliphatic hydroxyl groups is 1. The largest absolute Gasteiger partial charge is 0.492 e. The molecule has 1 saturated heterocycles. The molecular weight excluding hydrogens is 444 g/mol. The minimum atomic E-state index is -0.522. The van der Waals surface area contributed by atoms with E-state index in [9.17, 15) is 5.11 Å². The first-order valence-corrected chi connectivity index (χ1v) is 12.0. The van der Waals surface area contributed by atoms with Crippen LogP contribution in [0.2, 0.25) is 0 Å². The van der Waals surface area contributed by atoms with Gasteiger partial charge in [-0.1, -0.05) is 5.73 Å². The number of anilines is 1. The summed E-state index contributed by atoms with van der Waals surface area (Å²) in [6.45, 7) is 4.45. The molecule has 0 saturated carbocycles. The normalized spacial score (nSPS) is 17.3. The Morgan fingerprint density at radius 1 is 1.17 bits per heavy atom. The zero-order valence-corrected chi connectivity index (χ0v) is 20.6. The zero-order chi connectivity index (χ0) is 24.6. The second-order valence-electron chi connectivity index (χ2n) is 8.59. The summed E-state index contributed by atoms with van der Waals surface area (Å²) in [6, 6.07) is 10.1. The van der Waals surface area contributed by atoms with Crippen LogP contribution in [0.3, 0.4) is 0 Å². The van der Waals surface area contributed by atoms with E-state index in [4.69, 9.17) is 19.2 Å². The molecule has 0 radical (unpaired) electrons. The van der Waals surface area contributed by atoms with Crippen LogP contribution in [0, 0.1) is 5.92 Å². The lowest BCUT2D eigenvalue weighted by molar-refractivity contribution is 0.0921. The van der Waals surface area contributed by atoms with Crippen LogP contribution in [0.1, 0.15) is 6.42 Å². The quantitative estimate of drug-likeness (QED) is 0.232. The summed E-state index contributed by atoms with van der Waals surface area (Å²) in [5.41, 5.74) is 9.20. The van der Waals surface area contributed by atoms with Crippen molar-refractivity contribution < 1.29 is 19.3 Å². The van der Waals surface area contributed by atoms with E-state index in [1.807, 2.05) is 30.3 Å². The van der Waals surface area contributed by atoms with Crippen molar-refractivity contribution >= 4 is 17.5 Å². The molecule has 4 rings (SSSR count). The van der Waals surface area contributed by atoms with Gasteiger partial charge in [0, 0.05) is 50.8 Å². The number of pyridine rings is 1. The van der Waals surface area contributed by atoms with Crippen LogP contribution in [-0.4, -0.2) is 77.0 Å². The maximum atomic E-state index is 10.3. The third-order valence-corrected chi connectivity index (χ3v) is 6.31. The van der Waals surface area contributed by atoms with Crippen LogP contribution >= 0.6 is 0 Å². The van der Waals surface area contributed by atoms with Crippen LogP contribution in [0.25, 0.3) is 23.1 Å². The van der Waals surface area contributed by atoms with Crippen LogP contribution in [-0.2, 0) is 9.47 Å². The number of allylic oxidation sites excluding steroid dienone is 1. The van der Waals surface area contributed by atoms with Gasteiger partial charge < -0.3 is 29.5 Å². The van der Waals surface area contributed by atoms with Crippen molar-refractivity contribution in [2.45, 2.75) is 12.6 Å². The molecule has 8 nitrogen and oxygen atoms in total. The Bertz CT molecular complexity index is 1200. The molecule has 1 unspecified atom stereocenters. The fraction of sp³-hybridized carbons (Fsp3) is 0.444. The Morgan fingerprint density at radius 2 is 1.97 bits per heavy atom. The van der Waals surface area contributed by atoms with E-state index < -0.39 is 6.23 Å². The highest BCUT2D eigenvalue weighted by molar-refractivity contribution is 5.68. The van der Waals surface area contributed by atoms with Gasteiger partial charge in [0.05, 0.1) is 35.7 Å². The monoisotopic (exact) mass is 478 g/mol. The Hall–Kier alpha value is -3.09. The average Bonchev–Trinajstić information content (AvgIpc) is 3.40. The molecule has 0 spiro atoms. The summed E-state index contributed by atoms with van der Waals surface area (Å²) < 4.78 is 16.2. The van der Waals surface area contributed by atoms with Gasteiger partial charge in [-0.15, -0.1) is 0 Å². The number of aliphatic hydroxyl groups excluding tert-OH is 1. The van der Waals surface area contributed by atoms with E-state index in [0.29, 0.717) is 19.0 Å². The number of hydrogen-bond donors (Lipinski definition) is 3. The van der Waals surface area contributed by atoms with Gasteiger partial charge in [-0.25, -0.2) is 4.98 Å². The first-order chi connectivity index (χ1) is 17.1. The Kier molecular flexibility index (Phi) is 8.61. The molecule has 0 amide bonds. The van der Waals surface area contributed by atoms with Gasteiger partial charge >= 0.3 is 0 Å². The molecule has 1 fully saturated rings. The standard InChI is InChI=1S/C27H34N4O4/c1-28-27(32)20-10-13-31(18-20)26-17-24(30-25-16-22(34-3)8-9-23(25)26)19-4-6-21(7-5-19)35-15-12-29-11-14-33-2/h4-7,16-17,20,27-29,32H,10-15,18H2,1-3H3/t20-,27?/m0/s1. The lowest BCUT2D eigenvalue weighted by atomic mass is 10.1. The van der Waals surface area contributed by atoms with Gasteiger partial charge in [-0.2, -0.15) is 0 Å². The van der Waals surface area contributed by atoms with Crippen molar-refractivity contribution in [2.24, 2.45) is 5.92 Å². The van der Waals surface area contributed by atoms with Crippen LogP contribution in [0.4, 0.5) is 5.69 Å². The Morgan fingerprint density at radius 3 is 2.71 bits per heavy atom. The van der Waals surface area contributed by atoms with E-state index in [1.54, 1.807) is 21.3 Å². The van der Waals surface area contributed by atoms with E-state index in [2.05, 4.69) is 33.1 Å². The number of methoxy groups -OCH3 is 2. The van der Waals surface area contributed by atoms with Crippen molar-refractivity contribution in [3.8, 4) is 17.0 Å². The van der Waals surface area contributed by atoms with Crippen LogP contribution in [0.15, 0.2) is 41.8 Å². The first-order valence-electron chi connectivity index (χ1n) is 12.0. The number of fused-ring (bicyclic) bond motifs is 1. The van der Waals surface area contributed by atoms with Gasteiger partial charge in [0.1, 0.15) is 18.6 Å². The SMILES string of the molecule is CNC(O)[C@H]1CCN(c2cc(-c3ccc(OCCNCCOC)cc3)nc3c2=C=C=C(OC)C=3)C1. The molecular formula is C27H34N4O4. The van der Waals surface area contributed by atoms with E-state index in [-0.39, 0.29) is 5.92 Å². The molecule has 35 heavy (non-hydrogen) atoms. The smallest absolute Gasteiger partial charge is 0.172 e. The van der Waals surface area contributed by atoms with Crippen LogP contribution < -0.4 is 30.8 Å². The summed E-state index contributed by atoms with van der Waals surface area (Å²) in [7, 11) is 5.09. The van der Waals surface area contributed by atoms with Crippen molar-refractivity contribution in [1.82, 2.24) is 15.6 Å². The van der Waals surface area contributed by atoms with E-state index >= 15 is 0 Å². The van der Waals surface area contributed by atoms with Gasteiger partial charge in [-0.3, -0.25) is 5.32 Å². The molecule has 2 aliphatic rings. The van der Waals surface area contributed by atoms with E-state index in [1.165, 1.54) is 0 Å². The molecule has 2 aromatic rings. The number of nitrogens with one attached hydrogen (secondary N) is 2. The highest BCUT2D eigenvalue weighted by Crippen LogP contribution is 2.26. The predicted molar refractivity (Wildman–Crippen MR) is 136 cm³/mol. The average molecular weight is 479 g/mol. The Balaban J connectivity index is 1.57. The number of nitrogens with zero attached hydrogens (tertiary/aromatic N) is 2. The summed E-state index contributed by atoms with van der Waals surface area (Å²) >= 11 is 0. The van der Waals surface area contributed by atoms with Gasteiger partial charge in [0.25, 0.3) is 0 Å². The van der Waals surface area contributed by atoms with Crippen LogP contribution in [0.5, 0.6) is 5.75 Å². The highest BCUT2D eigenvalue weighted by Gasteiger charge is 2.29. The minimum Gasteiger partial charge on any atom is -0.492 e. The van der Waals surface area contributed by atoms with E-state index in [0.717, 1.165) is 65.9 Å². The fourth-order valence-electron chi connectivity index (χ4n) is 4.34. The van der Waals surface area contributed by atoms with Gasteiger partial charge in [0.2, 0.25) is 0 Å². The second-order valence-corrected chi connectivity index (χ2v) is 8.59. The van der Waals surface area contributed by atoms with Crippen molar-refractivity contribution in [2.75, 3.05) is 65.6 Å². The lowest BCUT2D eigenvalue weighted by Crippen LogP contribution is -2.38. The molecule has 0 bridgehead atoms. The summed E-state index contributed by atoms with van der Waals surface area (Å²) in [5, 5.41) is 18.2. The van der Waals surface area contributed by atoms with Crippen molar-refractivity contribution in [1.29, 1.82) is 0 Å². The summed E-state index contributed by atoms with van der Waals surface area (Å²) in [6.07, 6.45) is 2.28. The number of benzene rings is 1. The molecule has 1 aliphatic carbocycles. The topological polar surface area (TPSA) is 88.1 Å². The zero-order valence-electron chi connectivity index (χ0n) is 20.6. The summed E-state index contributed by atoms with van der Waals surface area (Å²) in [4.78, 5) is 7.20. The first kappa shape index (κ1) is 25.0. The van der Waals surface area contributed by atoms with Gasteiger partial charge in [0.15, 0.2) is 5.76 Å². The molecule has 1 aliphatic heterocycles. The fourth-order valence-corrected chi connectivity index (χ4v) is 4.34. The molecule has 1 aromatic carbocycles. The number of rotatable bonds is 12. The number of ether oxygens (including phenoxy) is 3. The lowest BCUT2D eigenvalue weighted by Gasteiger charge is -2.22. The number of hydrogen-bond acceptors (Lipinski definition) is 8. The van der Waals surface area contributed by atoms with Crippen molar-refractivity contribution in [3.05, 3.63) is 52.4 Å². The maximum Gasteiger partial charge on any atom is 0.172 e. The molecule has 3 N–H and O–H groups in total. The second kappa shape index (κ2) is 12.0. The highest BCUT2D eigenvalue weighted by atomic mass is 16.5. The molecule has 186 valence electrons. The molecule has 1 aromatic heterocycles.